The Hall–Kier alpha value is -0.820. The summed E-state index contributed by atoms with van der Waals surface area (Å²) in [5, 5.41) is 0. The van der Waals surface area contributed by atoms with E-state index in [0.29, 0.717) is 15.1 Å². The van der Waals surface area contributed by atoms with Crippen molar-refractivity contribution in [3.63, 3.8) is 0 Å². The first-order valence-corrected chi connectivity index (χ1v) is 7.15. The summed E-state index contributed by atoms with van der Waals surface area (Å²) in [4.78, 5) is 19.5. The lowest BCUT2D eigenvalue weighted by Gasteiger charge is -2.02. The SMILES string of the molecule is Cc1ccc(SCc2ncc(I)c(=O)[nH]2)cc1. The van der Waals surface area contributed by atoms with Crippen LogP contribution in [0.5, 0.6) is 0 Å². The van der Waals surface area contributed by atoms with Gasteiger partial charge in [0.05, 0.1) is 9.32 Å². The van der Waals surface area contributed by atoms with E-state index < -0.39 is 0 Å². The molecule has 0 aliphatic rings. The molecule has 2 rings (SSSR count). The van der Waals surface area contributed by atoms with Gasteiger partial charge < -0.3 is 4.98 Å². The number of H-pyrrole nitrogens is 1. The molecular weight excluding hydrogens is 347 g/mol. The molecule has 2 aromatic rings. The van der Waals surface area contributed by atoms with Crippen LogP contribution in [0.4, 0.5) is 0 Å². The third-order valence-electron chi connectivity index (χ3n) is 2.21. The molecule has 0 bridgehead atoms. The van der Waals surface area contributed by atoms with Gasteiger partial charge >= 0.3 is 0 Å². The number of rotatable bonds is 3. The lowest BCUT2D eigenvalue weighted by atomic mass is 10.2. The molecule has 0 spiro atoms. The highest BCUT2D eigenvalue weighted by Gasteiger charge is 2.01. The predicted octanol–water partition coefficient (Wildman–Crippen LogP) is 2.98. The normalized spacial score (nSPS) is 10.5. The predicted molar refractivity (Wildman–Crippen MR) is 78.3 cm³/mol. The van der Waals surface area contributed by atoms with E-state index in [4.69, 9.17) is 0 Å². The van der Waals surface area contributed by atoms with Crippen molar-refractivity contribution in [3.05, 3.63) is 55.8 Å². The number of hydrogen-bond donors (Lipinski definition) is 1. The lowest BCUT2D eigenvalue weighted by molar-refractivity contribution is 0.989. The minimum atomic E-state index is -0.0693. The molecule has 88 valence electrons. The summed E-state index contributed by atoms with van der Waals surface area (Å²) in [6.07, 6.45) is 1.60. The maximum atomic E-state index is 11.4. The van der Waals surface area contributed by atoms with Crippen molar-refractivity contribution in [1.82, 2.24) is 9.97 Å². The van der Waals surface area contributed by atoms with Crippen LogP contribution < -0.4 is 5.56 Å². The fourth-order valence-electron chi connectivity index (χ4n) is 1.28. The Labute approximate surface area is 117 Å². The maximum Gasteiger partial charge on any atom is 0.264 e. The molecule has 1 aromatic carbocycles. The number of halogens is 1. The van der Waals surface area contributed by atoms with E-state index in [9.17, 15) is 4.79 Å². The summed E-state index contributed by atoms with van der Waals surface area (Å²) in [5.74, 6) is 1.39. The molecule has 3 nitrogen and oxygen atoms in total. The molecule has 0 atom stereocenters. The van der Waals surface area contributed by atoms with Gasteiger partial charge in [0, 0.05) is 11.1 Å². The summed E-state index contributed by atoms with van der Waals surface area (Å²) < 4.78 is 0.617. The van der Waals surface area contributed by atoms with E-state index in [1.165, 1.54) is 10.5 Å². The highest BCUT2D eigenvalue weighted by Crippen LogP contribution is 2.21. The van der Waals surface area contributed by atoms with Gasteiger partial charge in [0.1, 0.15) is 5.82 Å². The number of hydrogen-bond acceptors (Lipinski definition) is 3. The fourth-order valence-corrected chi connectivity index (χ4v) is 2.33. The summed E-state index contributed by atoms with van der Waals surface area (Å²) in [5.41, 5.74) is 1.18. The first kappa shape index (κ1) is 12.6. The second-order valence-electron chi connectivity index (χ2n) is 3.61. The van der Waals surface area contributed by atoms with Gasteiger partial charge in [-0.15, -0.1) is 11.8 Å². The number of aryl methyl sites for hydroxylation is 1. The van der Waals surface area contributed by atoms with Crippen molar-refractivity contribution in [2.24, 2.45) is 0 Å². The number of aromatic amines is 1. The minimum Gasteiger partial charge on any atom is -0.309 e. The van der Waals surface area contributed by atoms with Crippen LogP contribution in [-0.2, 0) is 5.75 Å². The second-order valence-corrected chi connectivity index (χ2v) is 5.82. The van der Waals surface area contributed by atoms with Crippen LogP contribution in [0.3, 0.4) is 0 Å². The van der Waals surface area contributed by atoms with Crippen molar-refractivity contribution in [1.29, 1.82) is 0 Å². The number of benzene rings is 1. The van der Waals surface area contributed by atoms with Crippen molar-refractivity contribution < 1.29 is 0 Å². The number of nitrogens with one attached hydrogen (secondary N) is 1. The summed E-state index contributed by atoms with van der Waals surface area (Å²) in [6, 6.07) is 8.30. The van der Waals surface area contributed by atoms with Crippen LogP contribution in [0.1, 0.15) is 11.4 Å². The average molecular weight is 358 g/mol. The van der Waals surface area contributed by atoms with Crippen LogP contribution in [0.25, 0.3) is 0 Å². The molecule has 0 radical (unpaired) electrons. The van der Waals surface area contributed by atoms with Gasteiger partial charge in [0.25, 0.3) is 5.56 Å². The van der Waals surface area contributed by atoms with Gasteiger partial charge in [-0.3, -0.25) is 4.79 Å². The van der Waals surface area contributed by atoms with Crippen LogP contribution >= 0.6 is 34.4 Å². The average Bonchev–Trinajstić information content (AvgIpc) is 2.33. The Kier molecular flexibility index (Phi) is 4.22. The molecule has 5 heteroatoms. The van der Waals surface area contributed by atoms with Gasteiger partial charge in [-0.05, 0) is 41.6 Å². The van der Waals surface area contributed by atoms with Gasteiger partial charge in [-0.25, -0.2) is 4.98 Å². The molecule has 0 unspecified atom stereocenters. The van der Waals surface area contributed by atoms with Crippen LogP contribution in [0.2, 0.25) is 0 Å². The largest absolute Gasteiger partial charge is 0.309 e. The zero-order valence-corrected chi connectivity index (χ0v) is 12.2. The molecule has 0 fully saturated rings. The number of nitrogens with zero attached hydrogens (tertiary/aromatic N) is 1. The maximum absolute atomic E-state index is 11.4. The Bertz CT molecular complexity index is 565. The highest BCUT2D eigenvalue weighted by molar-refractivity contribution is 14.1. The monoisotopic (exact) mass is 358 g/mol. The van der Waals surface area contributed by atoms with E-state index in [-0.39, 0.29) is 5.56 Å². The zero-order chi connectivity index (χ0) is 12.3. The van der Waals surface area contributed by atoms with Gasteiger partial charge in [-0.2, -0.15) is 0 Å². The number of thioether (sulfide) groups is 1. The smallest absolute Gasteiger partial charge is 0.264 e. The molecular formula is C12H11IN2OS. The standard InChI is InChI=1S/C12H11IN2OS/c1-8-2-4-9(5-3-8)17-7-11-14-6-10(13)12(16)15-11/h2-6H,7H2,1H3,(H,14,15,16). The molecule has 1 heterocycles. The fraction of sp³-hybridized carbons (Fsp3) is 0.167. The Morgan fingerprint density at radius 1 is 1.35 bits per heavy atom. The van der Waals surface area contributed by atoms with Crippen molar-refractivity contribution in [2.45, 2.75) is 17.6 Å². The van der Waals surface area contributed by atoms with Gasteiger partial charge in [-0.1, -0.05) is 17.7 Å². The number of aromatic nitrogens is 2. The van der Waals surface area contributed by atoms with Crippen molar-refractivity contribution in [2.75, 3.05) is 0 Å². The first-order chi connectivity index (χ1) is 8.15. The second kappa shape index (κ2) is 5.68. The third-order valence-corrected chi connectivity index (χ3v) is 4.00. The van der Waals surface area contributed by atoms with Crippen molar-refractivity contribution in [3.8, 4) is 0 Å². The highest BCUT2D eigenvalue weighted by atomic mass is 127. The van der Waals surface area contributed by atoms with E-state index >= 15 is 0 Å². The quantitative estimate of drug-likeness (QED) is 0.678. The third kappa shape index (κ3) is 3.57. The molecule has 0 aliphatic heterocycles. The summed E-state index contributed by atoms with van der Waals surface area (Å²) >= 11 is 3.63. The first-order valence-electron chi connectivity index (χ1n) is 5.08. The molecule has 17 heavy (non-hydrogen) atoms. The zero-order valence-electron chi connectivity index (χ0n) is 9.24. The Balaban J connectivity index is 2.04. The van der Waals surface area contributed by atoms with Gasteiger partial charge in [0.2, 0.25) is 0 Å². The minimum absolute atomic E-state index is 0.0693. The van der Waals surface area contributed by atoms with E-state index in [2.05, 4.69) is 41.2 Å². The Morgan fingerprint density at radius 2 is 2.06 bits per heavy atom. The summed E-state index contributed by atoms with van der Waals surface area (Å²) in [7, 11) is 0. The molecule has 0 amide bonds. The van der Waals surface area contributed by atoms with Crippen molar-refractivity contribution >= 4 is 34.4 Å². The van der Waals surface area contributed by atoms with Crippen LogP contribution in [-0.4, -0.2) is 9.97 Å². The van der Waals surface area contributed by atoms with E-state index in [0.717, 1.165) is 0 Å². The van der Waals surface area contributed by atoms with E-state index in [1.54, 1.807) is 18.0 Å². The lowest BCUT2D eigenvalue weighted by Crippen LogP contribution is -2.12. The molecule has 0 aliphatic carbocycles. The van der Waals surface area contributed by atoms with Gasteiger partial charge in [0.15, 0.2) is 0 Å². The topological polar surface area (TPSA) is 45.8 Å². The molecule has 0 saturated heterocycles. The van der Waals surface area contributed by atoms with Crippen LogP contribution in [0.15, 0.2) is 40.2 Å². The summed E-state index contributed by atoms with van der Waals surface area (Å²) in [6.45, 7) is 2.06. The van der Waals surface area contributed by atoms with E-state index in [1.807, 2.05) is 22.6 Å². The molecule has 1 aromatic heterocycles. The molecule has 0 saturated carbocycles. The van der Waals surface area contributed by atoms with Crippen LogP contribution in [0, 0.1) is 10.5 Å². The molecule has 1 N–H and O–H groups in total. The Morgan fingerprint density at radius 3 is 2.71 bits per heavy atom.